The first-order valence-corrected chi connectivity index (χ1v) is 10.2. The first kappa shape index (κ1) is 16.1. The van der Waals surface area contributed by atoms with E-state index in [1.807, 2.05) is 0 Å². The molecule has 2 fully saturated rings. The van der Waals surface area contributed by atoms with Gasteiger partial charge in [-0.15, -0.1) is 0 Å². The molecule has 0 radical (unpaired) electrons. The maximum absolute atomic E-state index is 4.95. The van der Waals surface area contributed by atoms with E-state index in [4.69, 9.17) is 9.97 Å². The van der Waals surface area contributed by atoms with Gasteiger partial charge in [0.2, 0.25) is 5.95 Å². The van der Waals surface area contributed by atoms with Crippen molar-refractivity contribution in [2.24, 2.45) is 0 Å². The van der Waals surface area contributed by atoms with Gasteiger partial charge in [0.1, 0.15) is 5.82 Å². The lowest BCUT2D eigenvalue weighted by molar-refractivity contribution is 0.387. The zero-order valence-corrected chi connectivity index (χ0v) is 15.8. The van der Waals surface area contributed by atoms with Crippen LogP contribution in [0.1, 0.15) is 80.7 Å². The molecule has 4 heteroatoms. The zero-order valence-electron chi connectivity index (χ0n) is 15.8. The van der Waals surface area contributed by atoms with Gasteiger partial charge in [-0.05, 0) is 50.2 Å². The van der Waals surface area contributed by atoms with Crippen molar-refractivity contribution in [1.82, 2.24) is 9.97 Å². The number of hydrogen-bond acceptors (Lipinski definition) is 4. The van der Waals surface area contributed by atoms with Crippen LogP contribution < -0.4 is 10.2 Å². The minimum absolute atomic E-state index is 0.399. The largest absolute Gasteiger partial charge is 0.352 e. The molecule has 26 heavy (non-hydrogen) atoms. The standard InChI is InChI=1S/C22H28N4/c1-3-14(2)23-22-24-19(15-8-9-15)12-21(25-22)26-13-16-10-11-20(26)18-7-5-4-6-17(16)18/h4-7,12,14-16,20H,3,8-11,13H2,1-2H3,(H,23,24,25)/t14-,16+,20-/m0/s1. The van der Waals surface area contributed by atoms with Crippen LogP contribution >= 0.6 is 0 Å². The van der Waals surface area contributed by atoms with E-state index in [-0.39, 0.29) is 0 Å². The normalized spacial score (nSPS) is 25.1. The van der Waals surface area contributed by atoms with Crippen LogP contribution in [-0.4, -0.2) is 22.6 Å². The molecule has 136 valence electrons. The van der Waals surface area contributed by atoms with Crippen molar-refractivity contribution in [3.05, 3.63) is 47.2 Å². The van der Waals surface area contributed by atoms with Gasteiger partial charge in [0, 0.05) is 30.5 Å². The lowest BCUT2D eigenvalue weighted by Crippen LogP contribution is -2.43. The lowest BCUT2D eigenvalue weighted by atomic mass is 9.75. The second-order valence-corrected chi connectivity index (χ2v) is 8.27. The summed E-state index contributed by atoms with van der Waals surface area (Å²) in [5.74, 6) is 3.22. The third-order valence-electron chi connectivity index (χ3n) is 6.39. The van der Waals surface area contributed by atoms with Crippen molar-refractivity contribution in [1.29, 1.82) is 0 Å². The number of rotatable bonds is 5. The van der Waals surface area contributed by atoms with E-state index in [1.165, 1.54) is 36.9 Å². The van der Waals surface area contributed by atoms with Crippen molar-refractivity contribution in [2.45, 2.75) is 69.9 Å². The molecule has 1 aromatic carbocycles. The summed E-state index contributed by atoms with van der Waals surface area (Å²) in [4.78, 5) is 12.3. The summed E-state index contributed by atoms with van der Waals surface area (Å²) >= 11 is 0. The van der Waals surface area contributed by atoms with Crippen molar-refractivity contribution < 1.29 is 0 Å². The second-order valence-electron chi connectivity index (χ2n) is 8.27. The van der Waals surface area contributed by atoms with Gasteiger partial charge < -0.3 is 10.2 Å². The van der Waals surface area contributed by atoms with Gasteiger partial charge in [0.05, 0.1) is 11.7 Å². The van der Waals surface area contributed by atoms with Gasteiger partial charge in [0.15, 0.2) is 0 Å². The number of anilines is 2. The van der Waals surface area contributed by atoms with Crippen LogP contribution in [0.5, 0.6) is 0 Å². The Labute approximate surface area is 156 Å². The predicted molar refractivity (Wildman–Crippen MR) is 106 cm³/mol. The quantitative estimate of drug-likeness (QED) is 0.825. The van der Waals surface area contributed by atoms with Crippen LogP contribution in [0.25, 0.3) is 0 Å². The third kappa shape index (κ3) is 2.76. The van der Waals surface area contributed by atoms with E-state index >= 15 is 0 Å². The number of nitrogens with zero attached hydrogens (tertiary/aromatic N) is 3. The van der Waals surface area contributed by atoms with Crippen LogP contribution in [0.2, 0.25) is 0 Å². The smallest absolute Gasteiger partial charge is 0.225 e. The maximum Gasteiger partial charge on any atom is 0.225 e. The Hall–Kier alpha value is -2.10. The number of aromatic nitrogens is 2. The Morgan fingerprint density at radius 3 is 2.62 bits per heavy atom. The van der Waals surface area contributed by atoms with Crippen LogP contribution in [0.4, 0.5) is 11.8 Å². The molecule has 2 aromatic rings. The second kappa shape index (κ2) is 6.26. The zero-order chi connectivity index (χ0) is 17.7. The molecular weight excluding hydrogens is 320 g/mol. The van der Waals surface area contributed by atoms with Crippen LogP contribution in [0, 0.1) is 0 Å². The lowest BCUT2D eigenvalue weighted by Gasteiger charge is -2.47. The van der Waals surface area contributed by atoms with Gasteiger partial charge in [0.25, 0.3) is 0 Å². The average Bonchev–Trinajstić information content (AvgIpc) is 3.53. The number of benzene rings is 1. The fourth-order valence-corrected chi connectivity index (χ4v) is 4.56. The number of hydrogen-bond donors (Lipinski definition) is 1. The Morgan fingerprint density at radius 2 is 1.85 bits per heavy atom. The molecule has 2 bridgehead atoms. The van der Waals surface area contributed by atoms with Crippen molar-refractivity contribution >= 4 is 11.8 Å². The molecule has 0 spiro atoms. The minimum atomic E-state index is 0.399. The highest BCUT2D eigenvalue weighted by Crippen LogP contribution is 2.48. The Kier molecular flexibility index (Phi) is 3.87. The van der Waals surface area contributed by atoms with E-state index < -0.39 is 0 Å². The minimum Gasteiger partial charge on any atom is -0.352 e. The van der Waals surface area contributed by atoms with Gasteiger partial charge in [-0.25, -0.2) is 4.98 Å². The van der Waals surface area contributed by atoms with E-state index in [2.05, 4.69) is 54.4 Å². The Balaban J connectivity index is 1.52. The molecule has 0 unspecified atom stereocenters. The molecule has 1 saturated heterocycles. The van der Waals surface area contributed by atoms with E-state index in [1.54, 1.807) is 5.56 Å². The Bertz CT molecular complexity index is 814. The van der Waals surface area contributed by atoms with Crippen molar-refractivity contribution in [3.8, 4) is 0 Å². The van der Waals surface area contributed by atoms with Crippen LogP contribution in [0.3, 0.4) is 0 Å². The van der Waals surface area contributed by atoms with E-state index in [9.17, 15) is 0 Å². The molecule has 6 rings (SSSR count). The summed E-state index contributed by atoms with van der Waals surface area (Å²) in [7, 11) is 0. The molecule has 2 aliphatic heterocycles. The summed E-state index contributed by atoms with van der Waals surface area (Å²) in [6.07, 6.45) is 6.16. The molecule has 4 nitrogen and oxygen atoms in total. The number of piperidine rings is 1. The Morgan fingerprint density at radius 1 is 1.08 bits per heavy atom. The highest BCUT2D eigenvalue weighted by atomic mass is 15.3. The third-order valence-corrected chi connectivity index (χ3v) is 6.39. The predicted octanol–water partition coefficient (Wildman–Crippen LogP) is 5.00. The van der Waals surface area contributed by atoms with Crippen molar-refractivity contribution in [3.63, 3.8) is 0 Å². The molecule has 3 atom stereocenters. The van der Waals surface area contributed by atoms with E-state index in [0.717, 1.165) is 24.7 Å². The van der Waals surface area contributed by atoms with Crippen LogP contribution in [0.15, 0.2) is 30.3 Å². The summed E-state index contributed by atoms with van der Waals surface area (Å²) in [6, 6.07) is 12.2. The summed E-state index contributed by atoms with van der Waals surface area (Å²) < 4.78 is 0. The fraction of sp³-hybridized carbons (Fsp3) is 0.545. The average molecular weight is 348 g/mol. The molecule has 1 saturated carbocycles. The first-order valence-electron chi connectivity index (χ1n) is 10.2. The topological polar surface area (TPSA) is 41.1 Å². The SMILES string of the molecule is CC[C@H](C)Nc1nc(C2CC2)cc(N2C[C@H]3CC[C@H]2c2ccccc23)n1. The molecule has 1 aromatic heterocycles. The molecule has 3 heterocycles. The first-order chi connectivity index (χ1) is 12.7. The molecule has 1 N–H and O–H groups in total. The number of nitrogens with one attached hydrogen (secondary N) is 1. The van der Waals surface area contributed by atoms with Crippen molar-refractivity contribution in [2.75, 3.05) is 16.8 Å². The number of fused-ring (bicyclic) bond motifs is 2. The summed E-state index contributed by atoms with van der Waals surface area (Å²) in [6.45, 7) is 5.49. The van der Waals surface area contributed by atoms with Gasteiger partial charge in [-0.1, -0.05) is 31.2 Å². The highest BCUT2D eigenvalue weighted by Gasteiger charge is 2.39. The fourth-order valence-electron chi connectivity index (χ4n) is 4.56. The van der Waals surface area contributed by atoms with Gasteiger partial charge >= 0.3 is 0 Å². The molecular formula is C22H28N4. The van der Waals surface area contributed by atoms with Gasteiger partial charge in [-0.2, -0.15) is 4.98 Å². The highest BCUT2D eigenvalue weighted by molar-refractivity contribution is 5.54. The van der Waals surface area contributed by atoms with E-state index in [0.29, 0.717) is 23.9 Å². The molecule has 4 aliphatic rings. The monoisotopic (exact) mass is 348 g/mol. The van der Waals surface area contributed by atoms with Gasteiger partial charge in [-0.3, -0.25) is 0 Å². The summed E-state index contributed by atoms with van der Waals surface area (Å²) in [5.41, 5.74) is 4.31. The van der Waals surface area contributed by atoms with Crippen LogP contribution in [-0.2, 0) is 0 Å². The maximum atomic E-state index is 4.95. The molecule has 2 aliphatic carbocycles. The summed E-state index contributed by atoms with van der Waals surface area (Å²) in [5, 5.41) is 3.51. The molecule has 0 amide bonds.